The van der Waals surface area contributed by atoms with Crippen LogP contribution in [-0.2, 0) is 0 Å². The summed E-state index contributed by atoms with van der Waals surface area (Å²) in [5, 5.41) is 16.5. The zero-order chi connectivity index (χ0) is 17.2. The van der Waals surface area contributed by atoms with Crippen LogP contribution in [0.5, 0.6) is 0 Å². The molecule has 1 amide bonds. The van der Waals surface area contributed by atoms with Crippen LogP contribution >= 0.6 is 0 Å². The van der Waals surface area contributed by atoms with Crippen molar-refractivity contribution in [2.45, 2.75) is 64.6 Å². The highest BCUT2D eigenvalue weighted by molar-refractivity contribution is 5.97. The van der Waals surface area contributed by atoms with Crippen molar-refractivity contribution in [1.82, 2.24) is 9.97 Å². The molecule has 1 heterocycles. The molecule has 1 aromatic rings. The number of primary amides is 1. The number of carbonyl (C=O) groups is 1. The maximum absolute atomic E-state index is 11.6. The number of hydrogen-bond acceptors (Lipinski definition) is 6. The summed E-state index contributed by atoms with van der Waals surface area (Å²) in [6.07, 6.45) is 3.58. The summed E-state index contributed by atoms with van der Waals surface area (Å²) in [5.41, 5.74) is 5.49. The van der Waals surface area contributed by atoms with Gasteiger partial charge < -0.3 is 21.5 Å². The molecule has 7 nitrogen and oxygen atoms in total. The van der Waals surface area contributed by atoms with Gasteiger partial charge in [0.1, 0.15) is 5.82 Å². The van der Waals surface area contributed by atoms with E-state index < -0.39 is 5.91 Å². The highest BCUT2D eigenvalue weighted by Crippen LogP contribution is 2.27. The number of aliphatic hydroxyl groups excluding tert-OH is 1. The van der Waals surface area contributed by atoms with Crippen molar-refractivity contribution in [3.8, 4) is 0 Å². The Kier molecular flexibility index (Phi) is 5.09. The van der Waals surface area contributed by atoms with Crippen LogP contribution in [0.4, 0.5) is 11.8 Å². The van der Waals surface area contributed by atoms with Gasteiger partial charge in [0, 0.05) is 17.8 Å². The van der Waals surface area contributed by atoms with Gasteiger partial charge in [0.25, 0.3) is 5.91 Å². The molecular formula is C16H27N5O2. The molecular weight excluding hydrogens is 294 g/mol. The second-order valence-corrected chi connectivity index (χ2v) is 7.39. The van der Waals surface area contributed by atoms with Crippen LogP contribution in [0.1, 0.15) is 57.3 Å². The fourth-order valence-corrected chi connectivity index (χ4v) is 2.69. The Morgan fingerprint density at radius 1 is 1.39 bits per heavy atom. The predicted octanol–water partition coefficient (Wildman–Crippen LogP) is 1.75. The lowest BCUT2D eigenvalue weighted by Gasteiger charge is -2.32. The number of amides is 1. The molecule has 1 aliphatic carbocycles. The normalized spacial score (nSPS) is 25.0. The zero-order valence-electron chi connectivity index (χ0n) is 14.3. The van der Waals surface area contributed by atoms with E-state index in [2.05, 4.69) is 20.6 Å². The van der Waals surface area contributed by atoms with Crippen LogP contribution in [-0.4, -0.2) is 38.7 Å². The van der Waals surface area contributed by atoms with Crippen LogP contribution < -0.4 is 16.4 Å². The lowest BCUT2D eigenvalue weighted by atomic mass is 9.85. The van der Waals surface area contributed by atoms with Gasteiger partial charge in [0.15, 0.2) is 0 Å². The third-order valence-corrected chi connectivity index (χ3v) is 4.04. The van der Waals surface area contributed by atoms with E-state index in [1.807, 2.05) is 27.7 Å². The van der Waals surface area contributed by atoms with Gasteiger partial charge in [-0.15, -0.1) is 0 Å². The fourth-order valence-electron chi connectivity index (χ4n) is 2.69. The molecule has 1 aliphatic rings. The largest absolute Gasteiger partial charge is 0.393 e. The standard InChI is InChI=1S/C16H27N5O2/c1-9-5-6-10(7-12(9)22)19-14-11(13(17)23)8-18-15(20-14)21-16(2,3)4/h8-10,12,22H,5-7H2,1-4H3,(H2,17,23)(H2,18,19,20,21)/t9-,10-,12?/m1/s1. The lowest BCUT2D eigenvalue weighted by molar-refractivity contribution is 0.0739. The van der Waals surface area contributed by atoms with Gasteiger partial charge in [-0.2, -0.15) is 4.98 Å². The first kappa shape index (κ1) is 17.5. The SMILES string of the molecule is C[C@@H]1CC[C@@H](Nc2nc(NC(C)(C)C)ncc2C(N)=O)CC1O. The molecule has 0 aromatic carbocycles. The maximum atomic E-state index is 11.6. The van der Waals surface area contributed by atoms with E-state index in [4.69, 9.17) is 5.73 Å². The second-order valence-electron chi connectivity index (χ2n) is 7.39. The maximum Gasteiger partial charge on any atom is 0.254 e. The highest BCUT2D eigenvalue weighted by atomic mass is 16.3. The summed E-state index contributed by atoms with van der Waals surface area (Å²) in [4.78, 5) is 20.2. The van der Waals surface area contributed by atoms with Crippen LogP contribution in [0.15, 0.2) is 6.20 Å². The number of nitrogens with two attached hydrogens (primary N) is 1. The van der Waals surface area contributed by atoms with Crippen LogP contribution in [0.2, 0.25) is 0 Å². The Hall–Kier alpha value is -1.89. The summed E-state index contributed by atoms with van der Waals surface area (Å²) in [6.45, 7) is 8.06. The smallest absolute Gasteiger partial charge is 0.254 e. The van der Waals surface area contributed by atoms with E-state index in [0.29, 0.717) is 24.1 Å². The molecule has 7 heteroatoms. The van der Waals surface area contributed by atoms with Crippen molar-refractivity contribution in [3.05, 3.63) is 11.8 Å². The third-order valence-electron chi connectivity index (χ3n) is 4.04. The van der Waals surface area contributed by atoms with Crippen LogP contribution in [0.3, 0.4) is 0 Å². The molecule has 2 rings (SSSR count). The molecule has 3 atom stereocenters. The average Bonchev–Trinajstić information content (AvgIpc) is 2.41. The minimum absolute atomic E-state index is 0.0664. The van der Waals surface area contributed by atoms with Gasteiger partial charge in [-0.05, 0) is 46.0 Å². The first-order valence-electron chi connectivity index (χ1n) is 8.05. The molecule has 0 radical (unpaired) electrons. The number of nitrogens with one attached hydrogen (secondary N) is 2. The predicted molar refractivity (Wildman–Crippen MR) is 90.4 cm³/mol. The van der Waals surface area contributed by atoms with E-state index in [1.54, 1.807) is 0 Å². The van der Waals surface area contributed by atoms with Crippen molar-refractivity contribution < 1.29 is 9.90 Å². The van der Waals surface area contributed by atoms with Gasteiger partial charge >= 0.3 is 0 Å². The quantitative estimate of drug-likeness (QED) is 0.672. The summed E-state index contributed by atoms with van der Waals surface area (Å²) >= 11 is 0. The van der Waals surface area contributed by atoms with Crippen molar-refractivity contribution in [2.24, 2.45) is 11.7 Å². The second kappa shape index (κ2) is 6.70. The van der Waals surface area contributed by atoms with E-state index in [1.165, 1.54) is 6.20 Å². The number of anilines is 2. The fraction of sp³-hybridized carbons (Fsp3) is 0.688. The van der Waals surface area contributed by atoms with Crippen molar-refractivity contribution in [3.63, 3.8) is 0 Å². The Labute approximate surface area is 137 Å². The van der Waals surface area contributed by atoms with Gasteiger partial charge in [-0.1, -0.05) is 6.92 Å². The summed E-state index contributed by atoms with van der Waals surface area (Å²) < 4.78 is 0. The lowest BCUT2D eigenvalue weighted by Crippen LogP contribution is -2.36. The summed E-state index contributed by atoms with van der Waals surface area (Å²) in [7, 11) is 0. The summed E-state index contributed by atoms with van der Waals surface area (Å²) in [5.74, 6) is 0.590. The molecule has 5 N–H and O–H groups in total. The Morgan fingerprint density at radius 2 is 2.09 bits per heavy atom. The van der Waals surface area contributed by atoms with E-state index >= 15 is 0 Å². The topological polar surface area (TPSA) is 113 Å². The molecule has 0 spiro atoms. The Balaban J connectivity index is 2.20. The number of nitrogens with zero attached hydrogens (tertiary/aromatic N) is 2. The molecule has 23 heavy (non-hydrogen) atoms. The summed E-state index contributed by atoms with van der Waals surface area (Å²) in [6, 6.07) is 0.0664. The van der Waals surface area contributed by atoms with Crippen molar-refractivity contribution >= 4 is 17.7 Å². The monoisotopic (exact) mass is 321 g/mol. The van der Waals surface area contributed by atoms with Crippen LogP contribution in [0, 0.1) is 5.92 Å². The minimum Gasteiger partial charge on any atom is -0.393 e. The molecule has 0 saturated heterocycles. The van der Waals surface area contributed by atoms with E-state index in [0.717, 1.165) is 12.8 Å². The van der Waals surface area contributed by atoms with Crippen molar-refractivity contribution in [2.75, 3.05) is 10.6 Å². The number of rotatable bonds is 4. The van der Waals surface area contributed by atoms with Gasteiger partial charge in [-0.25, -0.2) is 4.98 Å². The third kappa shape index (κ3) is 4.79. The molecule has 1 fully saturated rings. The zero-order valence-corrected chi connectivity index (χ0v) is 14.3. The highest BCUT2D eigenvalue weighted by Gasteiger charge is 2.27. The molecule has 1 saturated carbocycles. The average molecular weight is 321 g/mol. The molecule has 1 unspecified atom stereocenters. The van der Waals surface area contributed by atoms with Gasteiger partial charge in [-0.3, -0.25) is 4.79 Å². The minimum atomic E-state index is -0.570. The number of hydrogen-bond donors (Lipinski definition) is 4. The Morgan fingerprint density at radius 3 is 2.65 bits per heavy atom. The molecule has 128 valence electrons. The first-order chi connectivity index (χ1) is 10.7. The van der Waals surface area contributed by atoms with E-state index in [-0.39, 0.29) is 23.2 Å². The van der Waals surface area contributed by atoms with Gasteiger partial charge in [0.2, 0.25) is 5.95 Å². The molecule has 0 bridgehead atoms. The first-order valence-corrected chi connectivity index (χ1v) is 8.05. The molecule has 0 aliphatic heterocycles. The number of aromatic nitrogens is 2. The van der Waals surface area contributed by atoms with Crippen LogP contribution in [0.25, 0.3) is 0 Å². The van der Waals surface area contributed by atoms with E-state index in [9.17, 15) is 9.90 Å². The molecule has 1 aromatic heterocycles. The number of carbonyl (C=O) groups excluding carboxylic acids is 1. The Bertz CT molecular complexity index is 570. The van der Waals surface area contributed by atoms with Gasteiger partial charge in [0.05, 0.1) is 11.7 Å². The number of aliphatic hydroxyl groups is 1. The van der Waals surface area contributed by atoms with Crippen molar-refractivity contribution in [1.29, 1.82) is 0 Å².